The molecule has 4 rings (SSSR count). The van der Waals surface area contributed by atoms with Crippen molar-refractivity contribution in [3.63, 3.8) is 0 Å². The van der Waals surface area contributed by atoms with Gasteiger partial charge in [-0.1, -0.05) is 69.9 Å². The summed E-state index contributed by atoms with van der Waals surface area (Å²) in [7, 11) is 0. The Labute approximate surface area is 275 Å². The van der Waals surface area contributed by atoms with E-state index < -0.39 is 17.9 Å². The van der Waals surface area contributed by atoms with Crippen LogP contribution in [0.5, 0.6) is 0 Å². The van der Waals surface area contributed by atoms with Crippen molar-refractivity contribution < 1.29 is 13.7 Å². The summed E-state index contributed by atoms with van der Waals surface area (Å²) in [4.78, 5) is 34.4. The number of amides is 2. The average molecular weight is 648 g/mol. The molecule has 0 bridgehead atoms. The van der Waals surface area contributed by atoms with E-state index in [-0.39, 0.29) is 42.3 Å². The maximum absolute atomic E-state index is 14.6. The first-order chi connectivity index (χ1) is 21.5. The summed E-state index contributed by atoms with van der Waals surface area (Å²) in [5.41, 5.74) is 5.99. The Kier molecular flexibility index (Phi) is 10.0. The fourth-order valence-corrected chi connectivity index (χ4v) is 6.71. The highest BCUT2D eigenvalue weighted by Gasteiger charge is 2.52. The van der Waals surface area contributed by atoms with Crippen LogP contribution in [-0.4, -0.2) is 40.5 Å². The maximum Gasteiger partial charge on any atom is 0.275 e. The summed E-state index contributed by atoms with van der Waals surface area (Å²) in [5, 5.41) is 6.87. The van der Waals surface area contributed by atoms with Gasteiger partial charge in [-0.3, -0.25) is 14.6 Å². The molecule has 9 nitrogen and oxygen atoms in total. The Morgan fingerprint density at radius 1 is 1.16 bits per heavy atom. The third-order valence-electron chi connectivity index (χ3n) is 8.62. The van der Waals surface area contributed by atoms with E-state index >= 15 is 0 Å². The number of nitrogens with zero attached hydrogens (tertiary/aromatic N) is 3. The molecule has 2 aromatic carbocycles. The zero-order valence-corrected chi connectivity index (χ0v) is 27.5. The predicted octanol–water partition coefficient (Wildman–Crippen LogP) is 6.86. The van der Waals surface area contributed by atoms with E-state index in [0.717, 1.165) is 12.0 Å². The Balaban J connectivity index is 0.00000600. The van der Waals surface area contributed by atoms with E-state index in [4.69, 9.17) is 43.9 Å². The Hall–Kier alpha value is -3.14. The van der Waals surface area contributed by atoms with Gasteiger partial charge in [0, 0.05) is 25.3 Å². The summed E-state index contributed by atoms with van der Waals surface area (Å²) in [6.45, 7) is 5.80. The van der Waals surface area contributed by atoms with Crippen LogP contribution in [-0.2, 0) is 4.79 Å². The molecule has 0 saturated heterocycles. The highest BCUT2D eigenvalue weighted by molar-refractivity contribution is 6.47. The fraction of sp³-hybridized carbons (Fsp3) is 0.515. The van der Waals surface area contributed by atoms with Gasteiger partial charge in [0.05, 0.1) is 12.6 Å². The molecule has 11 heteroatoms. The summed E-state index contributed by atoms with van der Waals surface area (Å²) < 4.78 is 24.5. The predicted molar refractivity (Wildman–Crippen MR) is 180 cm³/mol. The minimum Gasteiger partial charge on any atom is -0.384 e. The number of carbonyl (C=O) groups is 2. The first-order valence-corrected chi connectivity index (χ1v) is 15.5. The molecule has 1 atom stereocenters. The number of halogens is 2. The first-order valence-electron chi connectivity index (χ1n) is 16.3. The number of nitrogens with one attached hydrogen (secondary N) is 1. The molecule has 0 aromatic heterocycles. The van der Waals surface area contributed by atoms with Crippen LogP contribution < -0.4 is 23.0 Å². The lowest BCUT2D eigenvalue weighted by Gasteiger charge is -2.47. The second-order valence-corrected chi connectivity index (χ2v) is 13.6. The smallest absolute Gasteiger partial charge is 0.275 e. The molecule has 8 N–H and O–H groups in total. The fourth-order valence-electron chi connectivity index (χ4n) is 6.19. The van der Waals surface area contributed by atoms with Crippen LogP contribution in [0.2, 0.25) is 10.0 Å². The molecule has 44 heavy (non-hydrogen) atoms. The van der Waals surface area contributed by atoms with Crippen molar-refractivity contribution in [2.45, 2.75) is 84.8 Å². The van der Waals surface area contributed by atoms with Crippen LogP contribution >= 0.6 is 23.2 Å². The highest BCUT2D eigenvalue weighted by atomic mass is 35.5. The van der Waals surface area contributed by atoms with Gasteiger partial charge in [0.1, 0.15) is 17.2 Å². The Morgan fingerprint density at radius 2 is 1.77 bits per heavy atom. The van der Waals surface area contributed by atoms with Crippen molar-refractivity contribution in [3.05, 3.63) is 69.2 Å². The van der Waals surface area contributed by atoms with Crippen molar-refractivity contribution in [3.8, 4) is 0 Å². The van der Waals surface area contributed by atoms with Crippen LogP contribution in [0.4, 0.5) is 0 Å². The van der Waals surface area contributed by atoms with E-state index in [2.05, 4.69) is 24.3 Å². The van der Waals surface area contributed by atoms with E-state index in [1.807, 2.05) is 30.9 Å². The van der Waals surface area contributed by atoms with Crippen molar-refractivity contribution in [1.29, 1.82) is 0 Å². The van der Waals surface area contributed by atoms with Gasteiger partial charge in [-0.25, -0.2) is 0 Å². The molecule has 2 amide bonds. The van der Waals surface area contributed by atoms with Gasteiger partial charge in [0.15, 0.2) is 0 Å². The number of hydrazone groups is 1. The molecule has 0 unspecified atom stereocenters. The normalized spacial score (nSPS) is 22.6. The zero-order valence-electron chi connectivity index (χ0n) is 29.0. The van der Waals surface area contributed by atoms with Crippen LogP contribution in [0, 0.1) is 17.3 Å². The van der Waals surface area contributed by atoms with Gasteiger partial charge < -0.3 is 27.9 Å². The Bertz CT molecular complexity index is 1480. The van der Waals surface area contributed by atoms with E-state index in [9.17, 15) is 9.59 Å². The van der Waals surface area contributed by atoms with Crippen LogP contribution in [0.3, 0.4) is 0 Å². The number of carbonyl (C=O) groups excluding carboxylic acids is 2. The summed E-state index contributed by atoms with van der Waals surface area (Å²) in [6.07, 6.45) is 3.76. The van der Waals surface area contributed by atoms with Crippen LogP contribution in [0.15, 0.2) is 52.6 Å². The second-order valence-electron chi connectivity index (χ2n) is 12.7. The molecule has 1 heterocycles. The van der Waals surface area contributed by atoms with Gasteiger partial charge in [-0.05, 0) is 91.7 Å². The number of rotatable bonds is 9. The van der Waals surface area contributed by atoms with Gasteiger partial charge in [-0.2, -0.15) is 5.10 Å². The SMILES string of the molecule is N.[2H]C([2H])([2H])C(C)(C)C1CCC2(CC1)N=C(c1cc(Cl)cc(Cl)c1)C(=O)N2[C@H](CCC(C)C)c1ccc(C(=O)NC/C(N)=N/N)cc1. The van der Waals surface area contributed by atoms with Gasteiger partial charge >= 0.3 is 0 Å². The summed E-state index contributed by atoms with van der Waals surface area (Å²) in [5.74, 6) is 5.03. The maximum atomic E-state index is 14.6. The lowest BCUT2D eigenvalue weighted by molar-refractivity contribution is -0.133. The quantitative estimate of drug-likeness (QED) is 0.101. The number of benzene rings is 2. The van der Waals surface area contributed by atoms with Crippen LogP contribution in [0.1, 0.15) is 105 Å². The molecule has 0 radical (unpaired) electrons. The molecule has 240 valence electrons. The lowest BCUT2D eigenvalue weighted by atomic mass is 9.69. The average Bonchev–Trinajstić information content (AvgIpc) is 3.26. The molecular weight excluding hydrogens is 597 g/mol. The van der Waals surface area contributed by atoms with Crippen molar-refractivity contribution in [2.75, 3.05) is 6.54 Å². The minimum absolute atomic E-state index is 0. The van der Waals surface area contributed by atoms with Crippen molar-refractivity contribution >= 4 is 46.6 Å². The molecule has 1 spiro atoms. The molecule has 2 aliphatic rings. The third kappa shape index (κ3) is 7.92. The first kappa shape index (κ1) is 30.9. The molecule has 1 fully saturated rings. The number of hydrogen-bond acceptors (Lipinski definition) is 6. The highest BCUT2D eigenvalue weighted by Crippen LogP contribution is 2.50. The van der Waals surface area contributed by atoms with Gasteiger partial charge in [0.25, 0.3) is 11.8 Å². The molecule has 1 aliphatic carbocycles. The second kappa shape index (κ2) is 14.3. The van der Waals surface area contributed by atoms with Gasteiger partial charge in [-0.15, -0.1) is 0 Å². The molecule has 1 saturated carbocycles. The molecule has 1 aliphatic heterocycles. The zero-order chi connectivity index (χ0) is 34.0. The molecular formula is C33H47Cl2N7O2. The lowest BCUT2D eigenvalue weighted by Crippen LogP contribution is -2.51. The number of aliphatic imine (C=N–C) groups is 1. The van der Waals surface area contributed by atoms with E-state index in [1.54, 1.807) is 30.3 Å². The topological polar surface area (TPSA) is 161 Å². The van der Waals surface area contributed by atoms with Crippen molar-refractivity contribution in [1.82, 2.24) is 16.4 Å². The minimum atomic E-state index is -2.12. The Morgan fingerprint density at radius 3 is 2.32 bits per heavy atom. The van der Waals surface area contributed by atoms with E-state index in [1.165, 1.54) is 0 Å². The summed E-state index contributed by atoms with van der Waals surface area (Å²) in [6, 6.07) is 11.9. The van der Waals surface area contributed by atoms with Crippen molar-refractivity contribution in [2.24, 2.45) is 38.9 Å². The largest absolute Gasteiger partial charge is 0.384 e. The standard InChI is InChI=1S/C33H44Cl2N6O2.H3N/c1-20(2)6-11-27(21-7-9-22(10-8-21)30(42)38-19-28(36)40-37)41-31(43)29(23-16-25(34)18-26(35)17-23)39-33(41)14-12-24(13-15-33)32(3,4)5;/h7-10,16-18,20,24,27H,6,11-15,19,37H2,1-5H3,(H2,36,40)(H,38,42);1H3/t24?,27-,33?;/m1./s1/i3D3;. The van der Waals surface area contributed by atoms with Gasteiger partial charge in [0.2, 0.25) is 0 Å². The number of amidine groups is 1. The van der Waals surface area contributed by atoms with E-state index in [0.29, 0.717) is 64.9 Å². The number of nitrogens with two attached hydrogens (primary N) is 2. The third-order valence-corrected chi connectivity index (χ3v) is 9.05. The monoisotopic (exact) mass is 646 g/mol. The number of hydrogen-bond donors (Lipinski definition) is 4. The summed E-state index contributed by atoms with van der Waals surface area (Å²) >= 11 is 12.7. The van der Waals surface area contributed by atoms with Crippen LogP contribution in [0.25, 0.3) is 0 Å². The molecule has 2 aromatic rings.